The van der Waals surface area contributed by atoms with Gasteiger partial charge in [-0.15, -0.1) is 0 Å². The van der Waals surface area contributed by atoms with Gasteiger partial charge in [0.2, 0.25) is 0 Å². The number of fused-ring (bicyclic) bond motifs is 1. The van der Waals surface area contributed by atoms with E-state index in [1.54, 1.807) is 0 Å². The number of hydrogen-bond acceptors (Lipinski definition) is 4. The van der Waals surface area contributed by atoms with Crippen LogP contribution in [0.5, 0.6) is 0 Å². The number of likely N-dealkylation sites (tertiary alicyclic amines) is 1. The fourth-order valence-electron chi connectivity index (χ4n) is 4.70. The summed E-state index contributed by atoms with van der Waals surface area (Å²) < 4.78 is 0.945. The Hall–Kier alpha value is -0.602. The van der Waals surface area contributed by atoms with Crippen molar-refractivity contribution in [1.29, 1.82) is 0 Å². The summed E-state index contributed by atoms with van der Waals surface area (Å²) in [5, 5.41) is 0. The molecule has 5 heteroatoms. The zero-order valence-corrected chi connectivity index (χ0v) is 15.7. The molecular formula is C17H27AsN4. The standard InChI is InChI=1S/C17H27AsN4/c18-17-19-8-6-16(20-17)22-11-14-7-9-21(15(14)12-22)10-13-4-2-1-3-5-13/h6,8,13-15H,1-5,7,9-12,18H2/t14-,15+/m1/s1. The molecule has 3 heterocycles. The van der Waals surface area contributed by atoms with Gasteiger partial charge in [0.25, 0.3) is 0 Å². The minimum atomic E-state index is 0.766. The summed E-state index contributed by atoms with van der Waals surface area (Å²) in [6.07, 6.45) is 10.6. The van der Waals surface area contributed by atoms with Gasteiger partial charge in [0.15, 0.2) is 0 Å². The van der Waals surface area contributed by atoms with Crippen LogP contribution in [0.3, 0.4) is 0 Å². The molecule has 1 saturated carbocycles. The molecule has 1 unspecified atom stereocenters. The molecule has 2 saturated heterocycles. The van der Waals surface area contributed by atoms with Crippen LogP contribution < -0.4 is 9.51 Å². The summed E-state index contributed by atoms with van der Waals surface area (Å²) in [5.74, 6) is 2.95. The van der Waals surface area contributed by atoms with Crippen molar-refractivity contribution in [2.75, 3.05) is 31.1 Å². The number of hydrogen-bond donors (Lipinski definition) is 0. The Labute approximate surface area is 142 Å². The molecule has 0 aromatic carbocycles. The molecule has 120 valence electrons. The second-order valence-electron chi connectivity index (χ2n) is 7.29. The van der Waals surface area contributed by atoms with Gasteiger partial charge in [-0.1, -0.05) is 0 Å². The Bertz CT molecular complexity index is 517. The monoisotopic (exact) mass is 362 g/mol. The van der Waals surface area contributed by atoms with E-state index in [1.807, 2.05) is 6.20 Å². The van der Waals surface area contributed by atoms with Crippen LogP contribution in [-0.4, -0.2) is 63.9 Å². The van der Waals surface area contributed by atoms with Crippen LogP contribution in [0.25, 0.3) is 0 Å². The summed E-state index contributed by atoms with van der Waals surface area (Å²) >= 11 is 1.51. The van der Waals surface area contributed by atoms with Gasteiger partial charge < -0.3 is 0 Å². The topological polar surface area (TPSA) is 32.3 Å². The molecule has 3 atom stereocenters. The van der Waals surface area contributed by atoms with Crippen molar-refractivity contribution >= 4 is 27.3 Å². The third-order valence-corrected chi connectivity index (χ3v) is 6.45. The predicted molar refractivity (Wildman–Crippen MR) is 92.5 cm³/mol. The average molecular weight is 362 g/mol. The first-order chi connectivity index (χ1) is 10.8. The molecule has 1 aromatic rings. The molecule has 4 nitrogen and oxygen atoms in total. The molecule has 0 radical (unpaired) electrons. The maximum absolute atomic E-state index is 4.65. The summed E-state index contributed by atoms with van der Waals surface area (Å²) in [4.78, 5) is 14.2. The van der Waals surface area contributed by atoms with Crippen LogP contribution in [0.4, 0.5) is 5.82 Å². The van der Waals surface area contributed by atoms with Gasteiger partial charge in [-0.05, 0) is 0 Å². The van der Waals surface area contributed by atoms with Crippen LogP contribution >= 0.6 is 0 Å². The minimum absolute atomic E-state index is 0.766. The molecule has 3 aliphatic rings. The quantitative estimate of drug-likeness (QED) is 0.746. The van der Waals surface area contributed by atoms with Gasteiger partial charge in [0, 0.05) is 0 Å². The van der Waals surface area contributed by atoms with E-state index in [0.29, 0.717) is 0 Å². The van der Waals surface area contributed by atoms with Gasteiger partial charge in [-0.3, -0.25) is 0 Å². The van der Waals surface area contributed by atoms with Gasteiger partial charge in [0.1, 0.15) is 0 Å². The molecule has 22 heavy (non-hydrogen) atoms. The Morgan fingerprint density at radius 2 is 2.00 bits per heavy atom. The number of nitrogens with zero attached hydrogens (tertiary/aromatic N) is 4. The molecule has 0 N–H and O–H groups in total. The second-order valence-corrected chi connectivity index (χ2v) is 8.38. The normalized spacial score (nSPS) is 30.0. The molecule has 2 aliphatic heterocycles. The average Bonchev–Trinajstić information content (AvgIpc) is 3.11. The van der Waals surface area contributed by atoms with E-state index in [2.05, 4.69) is 25.8 Å². The van der Waals surface area contributed by atoms with Crippen molar-refractivity contribution < 1.29 is 0 Å². The van der Waals surface area contributed by atoms with Crippen molar-refractivity contribution in [3.63, 3.8) is 0 Å². The fraction of sp³-hybridized carbons (Fsp3) is 0.765. The van der Waals surface area contributed by atoms with Crippen molar-refractivity contribution in [3.8, 4) is 0 Å². The summed E-state index contributed by atoms with van der Waals surface area (Å²) in [6, 6.07) is 2.85. The first-order valence-corrected chi connectivity index (χ1v) is 10.1. The molecule has 0 spiro atoms. The Kier molecular flexibility index (Phi) is 4.41. The van der Waals surface area contributed by atoms with E-state index in [0.717, 1.165) is 28.3 Å². The van der Waals surface area contributed by atoms with Gasteiger partial charge >= 0.3 is 142 Å². The number of aromatic nitrogens is 2. The molecule has 3 fully saturated rings. The Morgan fingerprint density at radius 1 is 1.14 bits per heavy atom. The van der Waals surface area contributed by atoms with E-state index in [4.69, 9.17) is 0 Å². The van der Waals surface area contributed by atoms with E-state index in [9.17, 15) is 0 Å². The molecule has 1 aromatic heterocycles. The zero-order valence-electron chi connectivity index (χ0n) is 13.3. The van der Waals surface area contributed by atoms with E-state index < -0.39 is 0 Å². The SMILES string of the molecule is [AsH2]c1nccc(N2C[C@H]3CCN(CC4CCCCC4)[C@H]3C2)n1. The van der Waals surface area contributed by atoms with Crippen molar-refractivity contribution in [3.05, 3.63) is 12.3 Å². The Balaban J connectivity index is 1.40. The second kappa shape index (κ2) is 6.49. The van der Waals surface area contributed by atoms with Crippen LogP contribution in [0.1, 0.15) is 38.5 Å². The molecule has 4 rings (SSSR count). The van der Waals surface area contributed by atoms with E-state index in [-0.39, 0.29) is 0 Å². The number of rotatable bonds is 3. The first kappa shape index (κ1) is 15.0. The third kappa shape index (κ3) is 3.05. The summed E-state index contributed by atoms with van der Waals surface area (Å²) in [6.45, 7) is 5.03. The van der Waals surface area contributed by atoms with Crippen LogP contribution in [0, 0.1) is 11.8 Å². The van der Waals surface area contributed by atoms with Crippen LogP contribution in [0.15, 0.2) is 12.3 Å². The maximum atomic E-state index is 4.65. The van der Waals surface area contributed by atoms with Crippen molar-refractivity contribution in [2.24, 2.45) is 11.8 Å². The van der Waals surface area contributed by atoms with Crippen LogP contribution in [-0.2, 0) is 0 Å². The Morgan fingerprint density at radius 3 is 2.82 bits per heavy atom. The molecule has 1 aliphatic carbocycles. The van der Waals surface area contributed by atoms with Gasteiger partial charge in [0.05, 0.1) is 0 Å². The van der Waals surface area contributed by atoms with E-state index >= 15 is 0 Å². The van der Waals surface area contributed by atoms with E-state index in [1.165, 1.54) is 81.6 Å². The fourth-order valence-corrected chi connectivity index (χ4v) is 5.16. The number of anilines is 1. The first-order valence-electron chi connectivity index (χ1n) is 8.87. The van der Waals surface area contributed by atoms with Crippen LogP contribution in [0.2, 0.25) is 0 Å². The third-order valence-electron chi connectivity index (χ3n) is 5.86. The molecule has 0 amide bonds. The van der Waals surface area contributed by atoms with Gasteiger partial charge in [-0.25, -0.2) is 0 Å². The molecular weight excluding hydrogens is 335 g/mol. The zero-order chi connectivity index (χ0) is 14.9. The van der Waals surface area contributed by atoms with Crippen molar-refractivity contribution in [1.82, 2.24) is 14.9 Å². The molecule has 0 bridgehead atoms. The summed E-state index contributed by atoms with van der Waals surface area (Å²) in [5.41, 5.74) is 0. The predicted octanol–water partition coefficient (Wildman–Crippen LogP) is 0.826. The summed E-state index contributed by atoms with van der Waals surface area (Å²) in [7, 11) is 0. The van der Waals surface area contributed by atoms with Crippen molar-refractivity contribution in [2.45, 2.75) is 44.6 Å². The van der Waals surface area contributed by atoms with Gasteiger partial charge in [-0.2, -0.15) is 0 Å².